The number of nitrogens with zero attached hydrogens (tertiary/aromatic N) is 1. The van der Waals surface area contributed by atoms with E-state index in [0.29, 0.717) is 18.4 Å². The van der Waals surface area contributed by atoms with Gasteiger partial charge >= 0.3 is 190 Å². The van der Waals surface area contributed by atoms with Crippen molar-refractivity contribution in [3.05, 3.63) is 101 Å². The second-order valence-electron chi connectivity index (χ2n) is 10.2. The molecule has 0 bridgehead atoms. The van der Waals surface area contributed by atoms with Crippen molar-refractivity contribution in [2.24, 2.45) is 0 Å². The van der Waals surface area contributed by atoms with Crippen LogP contribution in [-0.2, 0) is 4.79 Å². The number of non-ortho nitro benzene ring substituents is 1. The number of aliphatic hydroxyl groups excluding tert-OH is 2. The van der Waals surface area contributed by atoms with Crippen LogP contribution in [0.2, 0.25) is 0 Å². The molecule has 3 N–H and O–H groups in total. The molecule has 0 spiro atoms. The van der Waals surface area contributed by atoms with Crippen molar-refractivity contribution in [3.8, 4) is 0 Å². The van der Waals surface area contributed by atoms with Crippen molar-refractivity contribution in [2.45, 2.75) is 50.7 Å². The summed E-state index contributed by atoms with van der Waals surface area (Å²) in [7, 11) is 0. The molecule has 9 heteroatoms. The van der Waals surface area contributed by atoms with E-state index in [9.17, 15) is 25.1 Å². The van der Waals surface area contributed by atoms with Crippen LogP contribution >= 0.6 is 17.2 Å². The number of rotatable bonds is 15. The van der Waals surface area contributed by atoms with E-state index in [1.807, 2.05) is 36.4 Å². The van der Waals surface area contributed by atoms with Crippen LogP contribution in [0, 0.1) is 10.1 Å². The Morgan fingerprint density at radius 1 is 0.897 bits per heavy atom. The number of carbonyl (C=O) groups is 1. The average molecular weight is 573 g/mol. The summed E-state index contributed by atoms with van der Waals surface area (Å²) in [5, 5.41) is 36.1. The molecule has 0 saturated heterocycles. The van der Waals surface area contributed by atoms with Crippen LogP contribution < -0.4 is 15.9 Å². The number of nitrogens with one attached hydrogen (secondary N) is 1. The van der Waals surface area contributed by atoms with Gasteiger partial charge < -0.3 is 0 Å². The molecule has 210 valence electrons. The number of carbonyl (C=O) groups excluding carboxylic acids is 1. The average Bonchev–Trinajstić information content (AvgIpc) is 2.96. The van der Waals surface area contributed by atoms with Crippen LogP contribution in [0.25, 0.3) is 0 Å². The molecule has 0 aliphatic carbocycles. The molecular formula is C30H38ClN2O5P. The van der Waals surface area contributed by atoms with Crippen LogP contribution in [0.15, 0.2) is 84.9 Å². The monoisotopic (exact) mass is 572 g/mol. The van der Waals surface area contributed by atoms with Crippen molar-refractivity contribution in [3.63, 3.8) is 0 Å². The minimum atomic E-state index is -2.83. The van der Waals surface area contributed by atoms with Gasteiger partial charge in [-0.05, 0) is 12.1 Å². The number of aliphatic hydroxyl groups is 2. The quantitative estimate of drug-likeness (QED) is 0.0972. The van der Waals surface area contributed by atoms with E-state index >= 15 is 0 Å². The van der Waals surface area contributed by atoms with E-state index in [1.54, 1.807) is 0 Å². The molecular weight excluding hydrogens is 535 g/mol. The summed E-state index contributed by atoms with van der Waals surface area (Å²) in [4.78, 5) is 22.7. The molecule has 0 aromatic heterocycles. The number of benzene rings is 3. The van der Waals surface area contributed by atoms with Gasteiger partial charge in [0.05, 0.1) is 4.92 Å². The summed E-state index contributed by atoms with van der Waals surface area (Å²) in [6.07, 6.45) is 4.59. The third-order valence-corrected chi connectivity index (χ3v) is 13.6. The van der Waals surface area contributed by atoms with Crippen LogP contribution in [0.4, 0.5) is 5.69 Å². The third kappa shape index (κ3) is 8.09. The number of nitro benzene ring substituents is 1. The summed E-state index contributed by atoms with van der Waals surface area (Å²) < 4.78 is 0. The molecule has 3 rings (SSSR count). The third-order valence-electron chi connectivity index (χ3n) is 7.31. The molecule has 3 aromatic rings. The van der Waals surface area contributed by atoms with Gasteiger partial charge in [0.1, 0.15) is 0 Å². The minimum absolute atomic E-state index is 0.0938. The van der Waals surface area contributed by atoms with Gasteiger partial charge in [-0.1, -0.05) is 0 Å². The molecule has 0 aliphatic heterocycles. The van der Waals surface area contributed by atoms with Gasteiger partial charge in [0.25, 0.3) is 5.69 Å². The Balaban J connectivity index is 1.44. The van der Waals surface area contributed by atoms with Gasteiger partial charge in [-0.25, -0.2) is 0 Å². The van der Waals surface area contributed by atoms with E-state index < -0.39 is 29.6 Å². The summed E-state index contributed by atoms with van der Waals surface area (Å²) in [5.74, 6) is -3.08. The summed E-state index contributed by atoms with van der Waals surface area (Å²) in [5.41, 5.74) is 0.294. The van der Waals surface area contributed by atoms with Gasteiger partial charge in [-0.3, -0.25) is 10.1 Å². The fraction of sp³-hybridized carbons (Fsp3) is 0.367. The molecule has 0 heterocycles. The first-order chi connectivity index (χ1) is 18.6. The second kappa shape index (κ2) is 14.0. The zero-order valence-corrected chi connectivity index (χ0v) is 23.9. The first kappa shape index (κ1) is 30.7. The fourth-order valence-corrected chi connectivity index (χ4v) is 9.58. The normalized spacial score (nSPS) is 14.1. The Bertz CT molecular complexity index is 1170. The van der Waals surface area contributed by atoms with Gasteiger partial charge in [0.15, 0.2) is 0 Å². The van der Waals surface area contributed by atoms with Crippen molar-refractivity contribution in [2.75, 3.05) is 19.4 Å². The zero-order valence-electron chi connectivity index (χ0n) is 22.3. The summed E-state index contributed by atoms with van der Waals surface area (Å²) in [6, 6.07) is 25.3. The Hall–Kier alpha value is -2.83. The molecule has 1 amide bonds. The molecule has 0 unspecified atom stereocenters. The van der Waals surface area contributed by atoms with Gasteiger partial charge in [0, 0.05) is 12.1 Å². The number of amides is 1. The predicted molar refractivity (Wildman–Crippen MR) is 160 cm³/mol. The van der Waals surface area contributed by atoms with Crippen molar-refractivity contribution >= 4 is 39.4 Å². The first-order valence-corrected chi connectivity index (χ1v) is 17.1. The number of halogens is 1. The van der Waals surface area contributed by atoms with E-state index in [4.69, 9.17) is 11.2 Å². The Morgan fingerprint density at radius 2 is 1.41 bits per heavy atom. The second-order valence-corrected chi connectivity index (χ2v) is 17.7. The molecule has 0 saturated carbocycles. The Labute approximate surface area is 235 Å². The van der Waals surface area contributed by atoms with E-state index in [2.05, 4.69) is 36.2 Å². The van der Waals surface area contributed by atoms with Crippen molar-refractivity contribution < 1.29 is 19.9 Å². The van der Waals surface area contributed by atoms with Crippen molar-refractivity contribution in [1.82, 2.24) is 5.32 Å². The molecule has 3 aromatic carbocycles. The van der Waals surface area contributed by atoms with Gasteiger partial charge in [0.2, 0.25) is 0 Å². The number of nitro groups is 1. The molecule has 0 radical (unpaired) electrons. The SMILES string of the molecule is CP(Cl)(CCCCCCCC(=O)N[C@H](CO)[C@H](O)c1ccc([N+](=O)[O-])cc1)(c1ccccc1)c1ccccc1. The van der Waals surface area contributed by atoms with Gasteiger partial charge in [-0.15, -0.1) is 0 Å². The topological polar surface area (TPSA) is 113 Å². The first-order valence-electron chi connectivity index (χ1n) is 13.3. The Kier molecular flexibility index (Phi) is 11.0. The number of hydrogen-bond acceptors (Lipinski definition) is 5. The summed E-state index contributed by atoms with van der Waals surface area (Å²) in [6.45, 7) is 1.78. The van der Waals surface area contributed by atoms with Crippen LogP contribution in [0.3, 0.4) is 0 Å². The Morgan fingerprint density at radius 3 is 1.92 bits per heavy atom. The van der Waals surface area contributed by atoms with Crippen LogP contribution in [0.1, 0.15) is 50.2 Å². The maximum atomic E-state index is 12.4. The fourth-order valence-electron chi connectivity index (χ4n) is 4.87. The van der Waals surface area contributed by atoms with Gasteiger partial charge in [-0.2, -0.15) is 0 Å². The molecule has 0 aliphatic rings. The van der Waals surface area contributed by atoms with E-state index in [0.717, 1.165) is 31.8 Å². The van der Waals surface area contributed by atoms with Crippen LogP contribution in [-0.4, -0.2) is 46.5 Å². The van der Waals surface area contributed by atoms with Crippen LogP contribution in [0.5, 0.6) is 0 Å². The zero-order chi connectivity index (χ0) is 28.3. The standard InChI is InChI=1S/C30H38ClN2O5P/c1-39(31,26-13-7-5-8-14-26,27-15-9-6-10-16-27)22-12-4-2-3-11-17-29(35)32-28(23-34)30(36)24-18-20-25(21-19-24)33(37)38/h5-10,13-16,18-21,28,30,34,36H,2-4,11-12,17,22-23H2,1H3,(H,32,35)/t28-,30-/m1/s1. The number of hydrogen-bond donors (Lipinski definition) is 3. The van der Waals surface area contributed by atoms with E-state index in [1.165, 1.54) is 34.9 Å². The maximum absolute atomic E-state index is 12.4. The van der Waals surface area contributed by atoms with Crippen molar-refractivity contribution in [1.29, 1.82) is 0 Å². The summed E-state index contributed by atoms with van der Waals surface area (Å²) >= 11 is 7.59. The molecule has 7 nitrogen and oxygen atoms in total. The molecule has 2 atom stereocenters. The predicted octanol–water partition coefficient (Wildman–Crippen LogP) is 5.43. The number of unbranched alkanes of at least 4 members (excludes halogenated alkanes) is 4. The molecule has 39 heavy (non-hydrogen) atoms. The van der Waals surface area contributed by atoms with E-state index in [-0.39, 0.29) is 11.6 Å². The molecule has 0 fully saturated rings.